The highest BCUT2D eigenvalue weighted by Gasteiger charge is 2.40. The Balaban J connectivity index is 1.68. The molecule has 0 atom stereocenters. The summed E-state index contributed by atoms with van der Waals surface area (Å²) >= 11 is 6.10. The van der Waals surface area contributed by atoms with E-state index in [2.05, 4.69) is 10.6 Å². The SMILES string of the molecule is NC(=O)c1ccc2c(c1)NC1(CCCCC1)C(=NCc1cccc(Cl)c1)N2. The summed E-state index contributed by atoms with van der Waals surface area (Å²) in [5, 5.41) is 7.91. The number of nitrogens with two attached hydrogens (primary N) is 1. The second-order valence-corrected chi connectivity index (χ2v) is 7.75. The number of aliphatic imine (C=N–C) groups is 1. The van der Waals surface area contributed by atoms with Gasteiger partial charge >= 0.3 is 0 Å². The minimum atomic E-state index is -0.419. The quantitative estimate of drug-likeness (QED) is 0.727. The molecule has 0 bridgehead atoms. The van der Waals surface area contributed by atoms with Crippen LogP contribution in [0, 0.1) is 0 Å². The zero-order valence-electron chi connectivity index (χ0n) is 15.1. The molecule has 27 heavy (non-hydrogen) atoms. The van der Waals surface area contributed by atoms with Crippen molar-refractivity contribution < 1.29 is 4.79 Å². The molecule has 0 unspecified atom stereocenters. The van der Waals surface area contributed by atoms with E-state index in [0.29, 0.717) is 12.1 Å². The first-order valence-electron chi connectivity index (χ1n) is 9.34. The summed E-state index contributed by atoms with van der Waals surface area (Å²) in [6.45, 7) is 0.570. The number of carbonyl (C=O) groups excluding carboxylic acids is 1. The zero-order chi connectivity index (χ0) is 18.9. The molecule has 4 N–H and O–H groups in total. The monoisotopic (exact) mass is 382 g/mol. The van der Waals surface area contributed by atoms with Gasteiger partial charge in [0.05, 0.1) is 23.5 Å². The van der Waals surface area contributed by atoms with Crippen LogP contribution in [0.5, 0.6) is 0 Å². The number of anilines is 2. The molecule has 140 valence electrons. The van der Waals surface area contributed by atoms with Crippen LogP contribution >= 0.6 is 11.6 Å². The van der Waals surface area contributed by atoms with Gasteiger partial charge in [0, 0.05) is 10.6 Å². The van der Waals surface area contributed by atoms with Gasteiger partial charge in [0.25, 0.3) is 0 Å². The molecule has 2 aromatic rings. The first-order chi connectivity index (χ1) is 13.1. The van der Waals surface area contributed by atoms with E-state index in [9.17, 15) is 4.79 Å². The van der Waals surface area contributed by atoms with Crippen molar-refractivity contribution in [2.24, 2.45) is 10.7 Å². The third-order valence-electron chi connectivity index (χ3n) is 5.40. The van der Waals surface area contributed by atoms with Gasteiger partial charge in [-0.1, -0.05) is 43.0 Å². The van der Waals surface area contributed by atoms with Crippen LogP contribution in [0.2, 0.25) is 5.02 Å². The molecule has 1 saturated carbocycles. The molecule has 0 saturated heterocycles. The number of hydrogen-bond acceptors (Lipinski definition) is 3. The smallest absolute Gasteiger partial charge is 0.248 e. The molecule has 5 nitrogen and oxygen atoms in total. The van der Waals surface area contributed by atoms with E-state index < -0.39 is 5.91 Å². The average molecular weight is 383 g/mol. The molecule has 6 heteroatoms. The van der Waals surface area contributed by atoms with Crippen molar-refractivity contribution in [1.29, 1.82) is 0 Å². The minimum absolute atomic E-state index is 0.222. The van der Waals surface area contributed by atoms with Gasteiger partial charge in [-0.2, -0.15) is 0 Å². The Morgan fingerprint density at radius 2 is 1.93 bits per heavy atom. The summed E-state index contributed by atoms with van der Waals surface area (Å²) < 4.78 is 0. The predicted octanol–water partition coefficient (Wildman–Crippen LogP) is 4.58. The van der Waals surface area contributed by atoms with Crippen LogP contribution in [-0.4, -0.2) is 17.3 Å². The van der Waals surface area contributed by atoms with Gasteiger partial charge < -0.3 is 16.4 Å². The van der Waals surface area contributed by atoms with Crippen molar-refractivity contribution in [1.82, 2.24) is 0 Å². The van der Waals surface area contributed by atoms with Gasteiger partial charge in [0.2, 0.25) is 5.91 Å². The molecule has 0 aromatic heterocycles. The van der Waals surface area contributed by atoms with Gasteiger partial charge in [-0.05, 0) is 48.7 Å². The van der Waals surface area contributed by atoms with Crippen molar-refractivity contribution in [2.75, 3.05) is 10.6 Å². The van der Waals surface area contributed by atoms with Crippen LogP contribution in [0.4, 0.5) is 11.4 Å². The second kappa shape index (κ2) is 7.24. The normalized spacial score (nSPS) is 19.2. The lowest BCUT2D eigenvalue weighted by molar-refractivity contribution is 0.100. The number of halogens is 1. The molecule has 2 aliphatic rings. The van der Waals surface area contributed by atoms with E-state index in [4.69, 9.17) is 22.3 Å². The largest absolute Gasteiger partial charge is 0.371 e. The molecule has 1 amide bonds. The predicted molar refractivity (Wildman–Crippen MR) is 111 cm³/mol. The van der Waals surface area contributed by atoms with Crippen molar-refractivity contribution in [3.8, 4) is 0 Å². The van der Waals surface area contributed by atoms with Gasteiger partial charge in [0.15, 0.2) is 0 Å². The molecule has 2 aromatic carbocycles. The Hall–Kier alpha value is -2.53. The van der Waals surface area contributed by atoms with Crippen molar-refractivity contribution in [2.45, 2.75) is 44.2 Å². The molecule has 1 aliphatic carbocycles. The number of rotatable bonds is 3. The highest BCUT2D eigenvalue weighted by atomic mass is 35.5. The average Bonchev–Trinajstić information content (AvgIpc) is 2.66. The molecule has 0 radical (unpaired) electrons. The fraction of sp³-hybridized carbons (Fsp3) is 0.333. The summed E-state index contributed by atoms with van der Waals surface area (Å²) in [6.07, 6.45) is 5.55. The summed E-state index contributed by atoms with van der Waals surface area (Å²) in [6, 6.07) is 13.2. The Morgan fingerprint density at radius 3 is 2.67 bits per heavy atom. The van der Waals surface area contributed by atoms with Gasteiger partial charge in [-0.3, -0.25) is 9.79 Å². The van der Waals surface area contributed by atoms with E-state index in [1.54, 1.807) is 6.07 Å². The van der Waals surface area contributed by atoms with E-state index in [1.807, 2.05) is 36.4 Å². The highest BCUT2D eigenvalue weighted by Crippen LogP contribution is 2.40. The minimum Gasteiger partial charge on any atom is -0.371 e. The molecular formula is C21H23ClN4O. The molecule has 1 aliphatic heterocycles. The highest BCUT2D eigenvalue weighted by molar-refractivity contribution is 6.30. The number of nitrogens with zero attached hydrogens (tertiary/aromatic N) is 1. The Morgan fingerprint density at radius 1 is 1.11 bits per heavy atom. The third-order valence-corrected chi connectivity index (χ3v) is 5.64. The summed E-state index contributed by atoms with van der Waals surface area (Å²) in [4.78, 5) is 16.5. The number of amidine groups is 1. The van der Waals surface area contributed by atoms with Crippen LogP contribution in [-0.2, 0) is 6.54 Å². The Labute approximate surface area is 164 Å². The maximum absolute atomic E-state index is 11.5. The molecule has 1 fully saturated rings. The van der Waals surface area contributed by atoms with E-state index in [1.165, 1.54) is 6.42 Å². The lowest BCUT2D eigenvalue weighted by atomic mass is 9.79. The zero-order valence-corrected chi connectivity index (χ0v) is 15.9. The van der Waals surface area contributed by atoms with E-state index in [-0.39, 0.29) is 5.54 Å². The summed E-state index contributed by atoms with van der Waals surface area (Å²) in [5.74, 6) is 0.541. The number of primary amides is 1. The standard InChI is InChI=1S/C21H23ClN4O/c22-16-6-4-5-14(11-16)13-24-20-21(9-2-1-3-10-21)26-18-12-15(19(23)27)7-8-17(18)25-20/h4-8,11-12,26H,1-3,9-10,13H2,(H2,23,27)(H,24,25). The number of fused-ring (bicyclic) bond motifs is 1. The third kappa shape index (κ3) is 3.65. The van der Waals surface area contributed by atoms with Gasteiger partial charge in [-0.15, -0.1) is 0 Å². The van der Waals surface area contributed by atoms with E-state index >= 15 is 0 Å². The maximum Gasteiger partial charge on any atom is 0.248 e. The van der Waals surface area contributed by atoms with Crippen LogP contribution in [0.25, 0.3) is 0 Å². The van der Waals surface area contributed by atoms with Crippen LogP contribution in [0.1, 0.15) is 48.0 Å². The van der Waals surface area contributed by atoms with Gasteiger partial charge in [0.1, 0.15) is 5.84 Å². The fourth-order valence-electron chi connectivity index (χ4n) is 3.99. The molecule has 4 rings (SSSR count). The summed E-state index contributed by atoms with van der Waals surface area (Å²) in [5.41, 5.74) is 8.64. The van der Waals surface area contributed by atoms with Crippen LogP contribution in [0.15, 0.2) is 47.5 Å². The number of benzene rings is 2. The number of nitrogens with one attached hydrogen (secondary N) is 2. The lowest BCUT2D eigenvalue weighted by Crippen LogP contribution is -2.53. The maximum atomic E-state index is 11.5. The lowest BCUT2D eigenvalue weighted by Gasteiger charge is -2.44. The molecular weight excluding hydrogens is 360 g/mol. The van der Waals surface area contributed by atoms with Crippen molar-refractivity contribution in [3.63, 3.8) is 0 Å². The van der Waals surface area contributed by atoms with Crippen molar-refractivity contribution in [3.05, 3.63) is 58.6 Å². The first-order valence-corrected chi connectivity index (χ1v) is 9.72. The Kier molecular flexibility index (Phi) is 4.79. The summed E-state index contributed by atoms with van der Waals surface area (Å²) in [7, 11) is 0. The fourth-order valence-corrected chi connectivity index (χ4v) is 4.20. The van der Waals surface area contributed by atoms with Crippen LogP contribution in [0.3, 0.4) is 0 Å². The number of carbonyl (C=O) groups is 1. The number of hydrogen-bond donors (Lipinski definition) is 3. The number of amides is 1. The van der Waals surface area contributed by atoms with Gasteiger partial charge in [-0.25, -0.2) is 0 Å². The van der Waals surface area contributed by atoms with E-state index in [0.717, 1.165) is 53.5 Å². The topological polar surface area (TPSA) is 79.5 Å². The first kappa shape index (κ1) is 17.9. The van der Waals surface area contributed by atoms with Crippen molar-refractivity contribution >= 4 is 34.7 Å². The molecule has 1 heterocycles. The second-order valence-electron chi connectivity index (χ2n) is 7.31. The molecule has 1 spiro atoms. The Bertz CT molecular complexity index is 903. The van der Waals surface area contributed by atoms with Crippen LogP contribution < -0.4 is 16.4 Å².